The van der Waals surface area contributed by atoms with Crippen LogP contribution in [0.15, 0.2) is 223 Å². The first-order valence-electron chi connectivity index (χ1n) is 22.0. The van der Waals surface area contributed by atoms with Crippen molar-refractivity contribution in [1.82, 2.24) is 0 Å². The molecule has 14 rings (SSSR count). The first-order valence-corrected chi connectivity index (χ1v) is 23.7. The van der Waals surface area contributed by atoms with Gasteiger partial charge in [0, 0.05) is 0 Å². The van der Waals surface area contributed by atoms with Crippen LogP contribution in [0.25, 0.3) is 140 Å². The van der Waals surface area contributed by atoms with Gasteiger partial charge in [-0.15, -0.1) is 0 Å². The molecule has 0 saturated heterocycles. The Morgan fingerprint density at radius 2 is 0.688 bits per heavy atom. The Morgan fingerprint density at radius 3 is 1.20 bits per heavy atom. The van der Waals surface area contributed by atoms with E-state index in [0.29, 0.717) is 0 Å². The van der Waals surface area contributed by atoms with Gasteiger partial charge in [-0.3, -0.25) is 0 Å². The summed E-state index contributed by atoms with van der Waals surface area (Å²) in [5.74, 6) is 0. The second kappa shape index (κ2) is 13.9. The summed E-state index contributed by atoms with van der Waals surface area (Å²) in [7, 11) is 0. The summed E-state index contributed by atoms with van der Waals surface area (Å²) in [6.45, 7) is 0. The second-order valence-corrected chi connectivity index (χ2v) is 19.3. The Morgan fingerprint density at radius 1 is 0.266 bits per heavy atom. The molecule has 2 heterocycles. The molecule has 0 unspecified atom stereocenters. The van der Waals surface area contributed by atoms with Crippen molar-refractivity contribution in [2.45, 2.75) is 0 Å². The van der Waals surface area contributed by atoms with E-state index < -0.39 is 0 Å². The summed E-state index contributed by atoms with van der Waals surface area (Å²) >= 11 is 0.145. The van der Waals surface area contributed by atoms with Gasteiger partial charge in [0.2, 0.25) is 0 Å². The number of fused-ring (bicyclic) bond motifs is 11. The Hall–Kier alpha value is -7.74. The molecule has 2 aromatic heterocycles. The molecule has 0 aliphatic carbocycles. The van der Waals surface area contributed by atoms with Crippen molar-refractivity contribution in [2.24, 2.45) is 0 Å². The number of hydrogen-bond acceptors (Lipinski definition) is 1. The monoisotopic (exact) mass is 876 g/mol. The third-order valence-corrected chi connectivity index (χ3v) is 16.0. The average Bonchev–Trinajstić information content (AvgIpc) is 3.92. The summed E-state index contributed by atoms with van der Waals surface area (Å²) in [4.78, 5) is 0. The number of furan rings is 1. The Bertz CT molecular complexity index is 4130. The summed E-state index contributed by atoms with van der Waals surface area (Å²) < 4.78 is 9.36. The molecule has 0 saturated carbocycles. The second-order valence-electron chi connectivity index (χ2n) is 17.0. The van der Waals surface area contributed by atoms with Crippen LogP contribution in [-0.4, -0.2) is 14.5 Å². The molecule has 0 fully saturated rings. The van der Waals surface area contributed by atoms with Crippen LogP contribution in [0, 0.1) is 0 Å². The van der Waals surface area contributed by atoms with Gasteiger partial charge >= 0.3 is 336 Å². The van der Waals surface area contributed by atoms with Crippen LogP contribution in [0.5, 0.6) is 0 Å². The number of benzene rings is 12. The molecule has 0 spiro atoms. The van der Waals surface area contributed by atoms with Gasteiger partial charge in [-0.1, -0.05) is 24.3 Å². The van der Waals surface area contributed by atoms with Crippen molar-refractivity contribution >= 4 is 110 Å². The summed E-state index contributed by atoms with van der Waals surface area (Å²) in [6.07, 6.45) is 0. The fourth-order valence-corrected chi connectivity index (χ4v) is 13.4. The van der Waals surface area contributed by atoms with Gasteiger partial charge in [-0.25, -0.2) is 0 Å². The van der Waals surface area contributed by atoms with E-state index >= 15 is 0 Å². The maximum absolute atomic E-state index is 6.49. The molecule has 0 bridgehead atoms. The van der Waals surface area contributed by atoms with E-state index in [2.05, 4.69) is 218 Å². The quantitative estimate of drug-likeness (QED) is 0.127. The SMILES string of the molecule is c1ccc(-c2c3ccccc3c(-c3cccc4[se]c5cccc(-c6c7ccccc7c(-c7ccc8oc9cc%10ccccc%10cc9c8c7)c7ccccc67)c5c34)c3ccccc23)cc1. The normalized spacial score (nSPS) is 12.1. The molecule has 0 radical (unpaired) electrons. The van der Waals surface area contributed by atoms with Gasteiger partial charge in [0.25, 0.3) is 0 Å². The molecule has 2 heteroatoms. The van der Waals surface area contributed by atoms with Crippen LogP contribution >= 0.6 is 0 Å². The fraction of sp³-hybridized carbons (Fsp3) is 0. The van der Waals surface area contributed by atoms with Crippen molar-refractivity contribution in [3.63, 3.8) is 0 Å². The molecule has 12 aromatic carbocycles. The fourth-order valence-electron chi connectivity index (χ4n) is 11.0. The van der Waals surface area contributed by atoms with Crippen LogP contribution in [0.4, 0.5) is 0 Å². The van der Waals surface area contributed by atoms with Gasteiger partial charge < -0.3 is 0 Å². The van der Waals surface area contributed by atoms with Crippen LogP contribution in [0.1, 0.15) is 0 Å². The van der Waals surface area contributed by atoms with E-state index in [1.54, 1.807) is 0 Å². The Kier molecular flexibility index (Phi) is 7.77. The molecular weight excluding hydrogens is 840 g/mol. The molecular formula is C62H36OSe. The van der Waals surface area contributed by atoms with E-state index in [-0.39, 0.29) is 14.5 Å². The Labute approximate surface area is 374 Å². The van der Waals surface area contributed by atoms with E-state index in [4.69, 9.17) is 4.42 Å². The van der Waals surface area contributed by atoms with Gasteiger partial charge in [0.05, 0.1) is 0 Å². The molecule has 0 amide bonds. The van der Waals surface area contributed by atoms with Crippen molar-refractivity contribution in [3.05, 3.63) is 218 Å². The Balaban J connectivity index is 1.06. The predicted molar refractivity (Wildman–Crippen MR) is 275 cm³/mol. The third-order valence-electron chi connectivity index (χ3n) is 13.6. The maximum atomic E-state index is 6.49. The predicted octanol–water partition coefficient (Wildman–Crippen LogP) is 17.4. The molecule has 0 aliphatic heterocycles. The van der Waals surface area contributed by atoms with Crippen LogP contribution in [0.2, 0.25) is 0 Å². The first-order chi connectivity index (χ1) is 31.8. The zero-order valence-electron chi connectivity index (χ0n) is 34.6. The molecule has 1 nitrogen and oxygen atoms in total. The molecule has 296 valence electrons. The standard InChI is InChI=1S/C62H36OSe/c1-2-16-37(17-3-1)57-41-20-6-10-24-45(41)59(46-25-11-7-21-42(46)57)49-28-14-30-55-61(49)62-50(29-15-31-56(62)64-55)60-47-26-12-8-22-43(47)58(44-23-9-13-27-48(44)60)40-32-33-53-51(35-40)52-34-38-18-4-5-19-39(38)36-54(52)63-53/h1-36H. The number of hydrogen-bond donors (Lipinski definition) is 0. The van der Waals surface area contributed by atoms with Crippen LogP contribution in [-0.2, 0) is 0 Å². The molecule has 0 N–H and O–H groups in total. The summed E-state index contributed by atoms with van der Waals surface area (Å²) in [5, 5.41) is 17.6. The minimum atomic E-state index is 0.145. The summed E-state index contributed by atoms with van der Waals surface area (Å²) in [5.41, 5.74) is 12.0. The average molecular weight is 876 g/mol. The van der Waals surface area contributed by atoms with Crippen molar-refractivity contribution in [2.75, 3.05) is 0 Å². The van der Waals surface area contributed by atoms with Crippen LogP contribution in [0.3, 0.4) is 0 Å². The molecule has 14 aromatic rings. The zero-order valence-corrected chi connectivity index (χ0v) is 36.3. The first kappa shape index (κ1) is 35.8. The topological polar surface area (TPSA) is 13.1 Å². The third kappa shape index (κ3) is 5.19. The van der Waals surface area contributed by atoms with E-state index in [1.807, 2.05) is 0 Å². The van der Waals surface area contributed by atoms with Gasteiger partial charge in [0.15, 0.2) is 0 Å². The minimum absolute atomic E-state index is 0.145. The molecule has 0 aliphatic rings. The zero-order chi connectivity index (χ0) is 41.9. The van der Waals surface area contributed by atoms with Crippen LogP contribution < -0.4 is 0 Å². The summed E-state index contributed by atoms with van der Waals surface area (Å²) in [6, 6.07) is 81.0. The van der Waals surface area contributed by atoms with Crippen molar-refractivity contribution in [3.8, 4) is 44.5 Å². The van der Waals surface area contributed by atoms with E-state index in [0.717, 1.165) is 21.9 Å². The van der Waals surface area contributed by atoms with Gasteiger partial charge in [-0.2, -0.15) is 0 Å². The van der Waals surface area contributed by atoms with E-state index in [1.165, 1.54) is 118 Å². The van der Waals surface area contributed by atoms with E-state index in [9.17, 15) is 0 Å². The number of rotatable bonds is 4. The molecule has 0 atom stereocenters. The molecule has 64 heavy (non-hydrogen) atoms. The van der Waals surface area contributed by atoms with Gasteiger partial charge in [0.1, 0.15) is 0 Å². The van der Waals surface area contributed by atoms with Crippen molar-refractivity contribution in [1.29, 1.82) is 0 Å². The van der Waals surface area contributed by atoms with Gasteiger partial charge in [-0.05, 0) is 16.8 Å². The van der Waals surface area contributed by atoms with Crippen molar-refractivity contribution < 1.29 is 4.42 Å².